The maximum atomic E-state index is 12.8. The topological polar surface area (TPSA) is 111 Å². The summed E-state index contributed by atoms with van der Waals surface area (Å²) in [6, 6.07) is 13.8. The van der Waals surface area contributed by atoms with Crippen molar-refractivity contribution in [2.24, 2.45) is 0 Å². The van der Waals surface area contributed by atoms with E-state index in [1.165, 1.54) is 6.33 Å². The molecular formula is C23H24FN7O. The summed E-state index contributed by atoms with van der Waals surface area (Å²) < 4.78 is 14.7. The number of hydrogen-bond donors (Lipinski definition) is 3. The monoisotopic (exact) mass is 433 g/mol. The van der Waals surface area contributed by atoms with Crippen LogP contribution in [0.1, 0.15) is 36.7 Å². The van der Waals surface area contributed by atoms with Crippen molar-refractivity contribution in [1.29, 1.82) is 0 Å². The summed E-state index contributed by atoms with van der Waals surface area (Å²) >= 11 is 0. The van der Waals surface area contributed by atoms with Crippen LogP contribution in [-0.2, 0) is 13.1 Å². The Hall–Kier alpha value is -4.01. The van der Waals surface area contributed by atoms with Crippen LogP contribution >= 0.6 is 0 Å². The van der Waals surface area contributed by atoms with Gasteiger partial charge in [-0.1, -0.05) is 24.3 Å². The van der Waals surface area contributed by atoms with Crippen LogP contribution in [-0.4, -0.2) is 25.8 Å². The average Bonchev–Trinajstić information content (AvgIpc) is 3.14. The number of carbonyl (C=O) groups excluding carboxylic acids is 1. The van der Waals surface area contributed by atoms with Gasteiger partial charge in [0.25, 0.3) is 0 Å². The number of halogens is 1. The molecule has 0 aliphatic rings. The van der Waals surface area contributed by atoms with E-state index < -0.39 is 12.7 Å². The molecule has 0 aliphatic carbocycles. The maximum absolute atomic E-state index is 12.8. The minimum absolute atomic E-state index is 0.119. The molecule has 0 radical (unpaired) electrons. The number of nitrogens with one attached hydrogen (secondary N) is 2. The van der Waals surface area contributed by atoms with Gasteiger partial charge in [-0.05, 0) is 49.2 Å². The Morgan fingerprint density at radius 2 is 1.72 bits per heavy atom. The van der Waals surface area contributed by atoms with E-state index in [2.05, 4.69) is 20.6 Å². The van der Waals surface area contributed by atoms with Gasteiger partial charge in [-0.15, -0.1) is 0 Å². The maximum Gasteiger partial charge on any atom is 0.323 e. The number of fused-ring (bicyclic) bond motifs is 1. The molecule has 0 bridgehead atoms. The molecule has 2 heterocycles. The van der Waals surface area contributed by atoms with E-state index in [1.54, 1.807) is 30.3 Å². The number of aromatic nitrogens is 4. The number of nitrogen functional groups attached to an aromatic ring is 1. The fourth-order valence-electron chi connectivity index (χ4n) is 3.53. The summed E-state index contributed by atoms with van der Waals surface area (Å²) in [5.41, 5.74) is 10.2. The number of anilines is 3. The molecule has 4 aromatic rings. The van der Waals surface area contributed by atoms with Gasteiger partial charge < -0.3 is 16.4 Å². The van der Waals surface area contributed by atoms with Crippen molar-refractivity contribution >= 4 is 34.3 Å². The molecule has 0 spiro atoms. The minimum atomic E-state index is -0.587. The van der Waals surface area contributed by atoms with Crippen molar-refractivity contribution in [2.75, 3.05) is 16.4 Å². The first-order valence-corrected chi connectivity index (χ1v) is 10.2. The first kappa shape index (κ1) is 21.2. The second-order valence-electron chi connectivity index (χ2n) is 7.73. The van der Waals surface area contributed by atoms with Crippen LogP contribution in [0.3, 0.4) is 0 Å². The van der Waals surface area contributed by atoms with Gasteiger partial charge in [-0.3, -0.25) is 0 Å². The van der Waals surface area contributed by atoms with Crippen molar-refractivity contribution in [1.82, 2.24) is 19.7 Å². The summed E-state index contributed by atoms with van der Waals surface area (Å²) in [6.07, 6.45) is 1.94. The normalized spacial score (nSPS) is 11.1. The number of hydrogen-bond acceptors (Lipinski definition) is 5. The van der Waals surface area contributed by atoms with Crippen molar-refractivity contribution in [3.8, 4) is 0 Å². The Morgan fingerprint density at radius 1 is 1.06 bits per heavy atom. The number of alkyl halides is 1. The molecule has 4 N–H and O–H groups in total. The molecule has 9 heteroatoms. The highest BCUT2D eigenvalue weighted by Gasteiger charge is 2.17. The van der Waals surface area contributed by atoms with Gasteiger partial charge in [0, 0.05) is 23.8 Å². The number of amides is 2. The van der Waals surface area contributed by atoms with E-state index >= 15 is 0 Å². The predicted molar refractivity (Wildman–Crippen MR) is 123 cm³/mol. The third kappa shape index (κ3) is 4.51. The Bertz CT molecular complexity index is 1270. The quantitative estimate of drug-likeness (QED) is 0.408. The third-order valence-electron chi connectivity index (χ3n) is 4.98. The van der Waals surface area contributed by atoms with Crippen molar-refractivity contribution in [3.63, 3.8) is 0 Å². The molecule has 0 saturated heterocycles. The molecule has 2 aromatic carbocycles. The number of benzene rings is 2. The van der Waals surface area contributed by atoms with E-state index in [-0.39, 0.29) is 6.04 Å². The molecule has 0 fully saturated rings. The Kier molecular flexibility index (Phi) is 5.98. The molecule has 0 atom stereocenters. The lowest BCUT2D eigenvalue weighted by Gasteiger charge is -2.09. The zero-order valence-corrected chi connectivity index (χ0v) is 17.8. The first-order chi connectivity index (χ1) is 15.4. The second kappa shape index (κ2) is 9.01. The SMILES string of the molecule is CC(C)n1nc(Cc2cccc(NC(=O)Nc3cccc(CF)c3)c2)c2c(N)ncnc21. The van der Waals surface area contributed by atoms with Crippen LogP contribution in [0, 0.1) is 0 Å². The van der Waals surface area contributed by atoms with Crippen LogP contribution in [0.5, 0.6) is 0 Å². The van der Waals surface area contributed by atoms with Crippen LogP contribution in [0.25, 0.3) is 11.0 Å². The summed E-state index contributed by atoms with van der Waals surface area (Å²) in [4.78, 5) is 20.9. The highest BCUT2D eigenvalue weighted by Crippen LogP contribution is 2.26. The Labute approximate surface area is 184 Å². The molecule has 32 heavy (non-hydrogen) atoms. The van der Waals surface area contributed by atoms with Crippen LogP contribution in [0.15, 0.2) is 54.9 Å². The molecule has 2 aromatic heterocycles. The fraction of sp³-hybridized carbons (Fsp3) is 0.217. The van der Waals surface area contributed by atoms with Gasteiger partial charge in [0.15, 0.2) is 5.65 Å². The highest BCUT2D eigenvalue weighted by molar-refractivity contribution is 5.99. The number of urea groups is 1. The predicted octanol–water partition coefficient (Wildman–Crippen LogP) is 4.69. The molecular weight excluding hydrogens is 409 g/mol. The first-order valence-electron chi connectivity index (χ1n) is 10.2. The zero-order valence-electron chi connectivity index (χ0n) is 17.8. The molecule has 2 amide bonds. The Balaban J connectivity index is 1.53. The lowest BCUT2D eigenvalue weighted by atomic mass is 10.1. The van der Waals surface area contributed by atoms with E-state index in [9.17, 15) is 9.18 Å². The summed E-state index contributed by atoms with van der Waals surface area (Å²) in [5.74, 6) is 0.390. The summed E-state index contributed by atoms with van der Waals surface area (Å²) in [6.45, 7) is 3.47. The number of carbonyl (C=O) groups is 1. The molecule has 0 unspecified atom stereocenters. The lowest BCUT2D eigenvalue weighted by Crippen LogP contribution is -2.19. The molecule has 0 aliphatic heterocycles. The molecule has 8 nitrogen and oxygen atoms in total. The van der Waals surface area contributed by atoms with Gasteiger partial charge in [0.2, 0.25) is 0 Å². The fourth-order valence-corrected chi connectivity index (χ4v) is 3.53. The molecule has 4 rings (SSSR count). The van der Waals surface area contributed by atoms with Gasteiger partial charge in [0.1, 0.15) is 18.8 Å². The third-order valence-corrected chi connectivity index (χ3v) is 4.98. The smallest absolute Gasteiger partial charge is 0.323 e. The van der Waals surface area contributed by atoms with Crippen molar-refractivity contribution in [3.05, 3.63) is 71.7 Å². The average molecular weight is 433 g/mol. The highest BCUT2D eigenvalue weighted by atomic mass is 19.1. The van der Waals surface area contributed by atoms with Crippen LogP contribution < -0.4 is 16.4 Å². The summed E-state index contributed by atoms with van der Waals surface area (Å²) in [7, 11) is 0. The van der Waals surface area contributed by atoms with E-state index in [4.69, 9.17) is 10.8 Å². The van der Waals surface area contributed by atoms with Gasteiger partial charge in [-0.25, -0.2) is 23.8 Å². The second-order valence-corrected chi connectivity index (χ2v) is 7.73. The van der Waals surface area contributed by atoms with Crippen molar-refractivity contribution in [2.45, 2.75) is 33.0 Å². The van der Waals surface area contributed by atoms with Crippen LogP contribution in [0.4, 0.5) is 26.4 Å². The summed E-state index contributed by atoms with van der Waals surface area (Å²) in [5, 5.41) is 11.0. The minimum Gasteiger partial charge on any atom is -0.383 e. The largest absolute Gasteiger partial charge is 0.383 e. The van der Waals surface area contributed by atoms with Gasteiger partial charge in [0.05, 0.1) is 11.1 Å². The molecule has 0 saturated carbocycles. The van der Waals surface area contributed by atoms with Gasteiger partial charge >= 0.3 is 6.03 Å². The van der Waals surface area contributed by atoms with Crippen LogP contribution in [0.2, 0.25) is 0 Å². The van der Waals surface area contributed by atoms with Gasteiger partial charge in [-0.2, -0.15) is 5.10 Å². The van der Waals surface area contributed by atoms with E-state index in [0.29, 0.717) is 34.8 Å². The van der Waals surface area contributed by atoms with E-state index in [1.807, 2.05) is 36.7 Å². The lowest BCUT2D eigenvalue weighted by molar-refractivity contribution is 0.262. The standard InChI is InChI=1S/C23H24FN7O/c1-14(2)31-22-20(21(25)26-13-27-22)19(30-31)11-15-5-3-7-17(9-15)28-23(32)29-18-8-4-6-16(10-18)12-24/h3-10,13-14H,11-12H2,1-2H3,(H2,25,26,27)(H2,28,29,32). The number of nitrogens with two attached hydrogens (primary N) is 1. The Morgan fingerprint density at radius 3 is 2.38 bits per heavy atom. The number of nitrogens with zero attached hydrogens (tertiary/aromatic N) is 4. The van der Waals surface area contributed by atoms with Crippen molar-refractivity contribution < 1.29 is 9.18 Å². The molecule has 164 valence electrons. The van der Waals surface area contributed by atoms with E-state index in [0.717, 1.165) is 16.6 Å². The zero-order chi connectivity index (χ0) is 22.7. The number of rotatable bonds is 6.